The number of carbonyl (C=O) groups is 1. The van der Waals surface area contributed by atoms with Gasteiger partial charge in [0.05, 0.1) is 0 Å². The Balaban J connectivity index is 1.01. The lowest BCUT2D eigenvalue weighted by Crippen LogP contribution is -2.57. The van der Waals surface area contributed by atoms with Crippen molar-refractivity contribution in [2.24, 2.45) is 0 Å². The molecule has 1 N–H and O–H groups in total. The van der Waals surface area contributed by atoms with E-state index in [2.05, 4.69) is 63.2 Å². The van der Waals surface area contributed by atoms with Gasteiger partial charge >= 0.3 is 0 Å². The number of piperazine rings is 2. The average molecular weight is 489 g/mol. The first kappa shape index (κ1) is 25.2. The number of hydrogen-bond donors (Lipinski definition) is 1. The fraction of sp³-hybridized carbons (Fsp3) is 0.500. The second kappa shape index (κ2) is 12.2. The normalized spacial score (nSPS) is 21.5. The predicted molar refractivity (Wildman–Crippen MR) is 145 cm³/mol. The van der Waals surface area contributed by atoms with Gasteiger partial charge in [-0.1, -0.05) is 73.2 Å². The van der Waals surface area contributed by atoms with Crippen LogP contribution in [-0.2, 0) is 4.79 Å². The smallest absolute Gasteiger partial charge is 0.226 e. The van der Waals surface area contributed by atoms with Crippen molar-refractivity contribution in [3.8, 4) is 11.1 Å². The summed E-state index contributed by atoms with van der Waals surface area (Å²) in [6.07, 6.45) is 8.09. The van der Waals surface area contributed by atoms with Gasteiger partial charge in [-0.15, -0.1) is 0 Å². The van der Waals surface area contributed by atoms with Crippen molar-refractivity contribution in [1.29, 1.82) is 0 Å². The Morgan fingerprint density at radius 3 is 2.17 bits per heavy atom. The summed E-state index contributed by atoms with van der Waals surface area (Å²) in [5.74, 6) is 0.180. The van der Waals surface area contributed by atoms with Crippen molar-refractivity contribution in [1.82, 2.24) is 19.6 Å². The highest BCUT2D eigenvalue weighted by molar-refractivity contribution is 5.79. The molecule has 0 bridgehead atoms. The first-order valence-corrected chi connectivity index (χ1v) is 13.6. The Hall–Kier alpha value is -2.51. The molecule has 1 saturated carbocycles. The molecule has 6 nitrogen and oxygen atoms in total. The monoisotopic (exact) mass is 488 g/mol. The van der Waals surface area contributed by atoms with Crippen LogP contribution in [0, 0.1) is 0 Å². The van der Waals surface area contributed by atoms with E-state index in [0.29, 0.717) is 13.0 Å². The Bertz CT molecular complexity index is 989. The largest absolute Gasteiger partial charge is 0.377 e. The molecule has 0 spiro atoms. The summed E-state index contributed by atoms with van der Waals surface area (Å²) >= 11 is 0. The summed E-state index contributed by atoms with van der Waals surface area (Å²) in [4.78, 5) is 21.8. The van der Waals surface area contributed by atoms with Crippen LogP contribution in [0.4, 0.5) is 0 Å². The van der Waals surface area contributed by atoms with Gasteiger partial charge in [0.1, 0.15) is 6.23 Å². The first-order chi connectivity index (χ1) is 17.7. The molecule has 2 aromatic rings. The lowest BCUT2D eigenvalue weighted by molar-refractivity contribution is -0.132. The van der Waals surface area contributed by atoms with Gasteiger partial charge in [0.15, 0.2) is 0 Å². The standard InChI is InChI=1S/C30H40N4O2/c35-29(11-4-6-25-12-14-27(15-13-25)26-7-2-1-3-8-26)33-18-16-31(17-19-33)24-30(36)34-22-20-32(21-23-34)28-9-5-10-28/h1-4,6-8,12-15,28,30,36H,5,9-11,16-24H2/b6-4+. The molecule has 6 heteroatoms. The van der Waals surface area contributed by atoms with Crippen LogP contribution in [0.15, 0.2) is 60.7 Å². The van der Waals surface area contributed by atoms with Gasteiger partial charge in [-0.05, 0) is 29.5 Å². The number of aliphatic hydroxyl groups excluding tert-OH is 1. The zero-order valence-corrected chi connectivity index (χ0v) is 21.3. The predicted octanol–water partition coefficient (Wildman–Crippen LogP) is 3.39. The fourth-order valence-corrected chi connectivity index (χ4v) is 5.52. The van der Waals surface area contributed by atoms with Crippen LogP contribution in [0.1, 0.15) is 31.2 Å². The number of aliphatic hydroxyl groups is 1. The van der Waals surface area contributed by atoms with E-state index in [0.717, 1.165) is 64.0 Å². The molecule has 1 unspecified atom stereocenters. The molecule has 3 fully saturated rings. The molecule has 0 radical (unpaired) electrons. The third-order valence-electron chi connectivity index (χ3n) is 8.13. The molecule has 192 valence electrons. The van der Waals surface area contributed by atoms with Crippen molar-refractivity contribution < 1.29 is 9.90 Å². The second-order valence-electron chi connectivity index (χ2n) is 10.4. The highest BCUT2D eigenvalue weighted by atomic mass is 16.3. The Kier molecular flexibility index (Phi) is 8.49. The van der Waals surface area contributed by atoms with Crippen LogP contribution in [0.5, 0.6) is 0 Å². The number of rotatable bonds is 8. The van der Waals surface area contributed by atoms with Crippen LogP contribution in [0.3, 0.4) is 0 Å². The van der Waals surface area contributed by atoms with Crippen LogP contribution in [0.25, 0.3) is 17.2 Å². The molecular weight excluding hydrogens is 448 g/mol. The summed E-state index contributed by atoms with van der Waals surface area (Å²) in [6.45, 7) is 7.87. The van der Waals surface area contributed by atoms with Gasteiger partial charge in [-0.2, -0.15) is 0 Å². The van der Waals surface area contributed by atoms with Crippen molar-refractivity contribution in [3.63, 3.8) is 0 Å². The fourth-order valence-electron chi connectivity index (χ4n) is 5.52. The van der Waals surface area contributed by atoms with Crippen molar-refractivity contribution in [3.05, 3.63) is 66.2 Å². The van der Waals surface area contributed by atoms with Crippen LogP contribution >= 0.6 is 0 Å². The van der Waals surface area contributed by atoms with E-state index in [-0.39, 0.29) is 5.91 Å². The lowest BCUT2D eigenvalue weighted by atomic mass is 9.91. The summed E-state index contributed by atoms with van der Waals surface area (Å²) in [7, 11) is 0. The maximum Gasteiger partial charge on any atom is 0.226 e. The van der Waals surface area contributed by atoms with E-state index in [1.54, 1.807) is 0 Å². The van der Waals surface area contributed by atoms with Crippen LogP contribution in [0.2, 0.25) is 0 Å². The van der Waals surface area contributed by atoms with Gasteiger partial charge < -0.3 is 10.0 Å². The number of amides is 1. The Morgan fingerprint density at radius 1 is 0.861 bits per heavy atom. The number of hydrogen-bond acceptors (Lipinski definition) is 5. The summed E-state index contributed by atoms with van der Waals surface area (Å²) < 4.78 is 0. The SMILES string of the molecule is O=C(C/C=C/c1ccc(-c2ccccc2)cc1)N1CCN(CC(O)N2CCN(C3CCC3)CC2)CC1. The Morgan fingerprint density at radius 2 is 1.53 bits per heavy atom. The Labute approximate surface area is 215 Å². The quantitative estimate of drug-likeness (QED) is 0.617. The first-order valence-electron chi connectivity index (χ1n) is 13.6. The number of benzene rings is 2. The molecule has 5 rings (SSSR count). The maximum absolute atomic E-state index is 12.7. The minimum Gasteiger partial charge on any atom is -0.377 e. The number of nitrogens with zero attached hydrogens (tertiary/aromatic N) is 4. The van der Waals surface area contributed by atoms with Crippen molar-refractivity contribution in [2.75, 3.05) is 58.9 Å². The van der Waals surface area contributed by atoms with Gasteiger partial charge in [0.25, 0.3) is 0 Å². The van der Waals surface area contributed by atoms with Gasteiger partial charge in [-0.25, -0.2) is 0 Å². The minimum atomic E-state index is -0.410. The summed E-state index contributed by atoms with van der Waals surface area (Å²) in [5.41, 5.74) is 3.51. The minimum absolute atomic E-state index is 0.180. The third kappa shape index (κ3) is 6.43. The second-order valence-corrected chi connectivity index (χ2v) is 10.4. The topological polar surface area (TPSA) is 50.3 Å². The number of carbonyl (C=O) groups excluding carboxylic acids is 1. The molecule has 0 aromatic heterocycles. The third-order valence-corrected chi connectivity index (χ3v) is 8.13. The number of β-amino-alcohol motifs (C(OH)–C–C–N with tert-alkyl or cyclic N) is 1. The summed E-state index contributed by atoms with van der Waals surface area (Å²) in [6, 6.07) is 19.6. The van der Waals surface area contributed by atoms with E-state index >= 15 is 0 Å². The van der Waals surface area contributed by atoms with E-state index in [1.165, 1.54) is 30.4 Å². The molecule has 1 aliphatic carbocycles. The van der Waals surface area contributed by atoms with E-state index in [9.17, 15) is 9.90 Å². The molecular formula is C30H40N4O2. The van der Waals surface area contributed by atoms with Crippen molar-refractivity contribution >= 4 is 12.0 Å². The molecule has 1 atom stereocenters. The van der Waals surface area contributed by atoms with E-state index in [1.807, 2.05) is 23.1 Å². The molecule has 36 heavy (non-hydrogen) atoms. The maximum atomic E-state index is 12.7. The molecule has 2 aliphatic heterocycles. The van der Waals surface area contributed by atoms with E-state index in [4.69, 9.17) is 0 Å². The van der Waals surface area contributed by atoms with Gasteiger partial charge in [0.2, 0.25) is 5.91 Å². The molecule has 1 amide bonds. The summed E-state index contributed by atoms with van der Waals surface area (Å²) in [5, 5.41) is 10.8. The molecule has 2 aromatic carbocycles. The van der Waals surface area contributed by atoms with E-state index < -0.39 is 6.23 Å². The van der Waals surface area contributed by atoms with Crippen LogP contribution < -0.4 is 0 Å². The van der Waals surface area contributed by atoms with Crippen LogP contribution in [-0.4, -0.2) is 102 Å². The average Bonchev–Trinajstić information content (AvgIpc) is 2.89. The highest BCUT2D eigenvalue weighted by Crippen LogP contribution is 2.26. The molecule has 2 saturated heterocycles. The van der Waals surface area contributed by atoms with Gasteiger partial charge in [0, 0.05) is 71.4 Å². The zero-order valence-electron chi connectivity index (χ0n) is 21.3. The molecule has 2 heterocycles. The van der Waals surface area contributed by atoms with Crippen molar-refractivity contribution in [2.45, 2.75) is 38.0 Å². The highest BCUT2D eigenvalue weighted by Gasteiger charge is 2.31. The molecule has 3 aliphatic rings. The zero-order chi connectivity index (χ0) is 24.7. The lowest BCUT2D eigenvalue weighted by Gasteiger charge is -2.45. The van der Waals surface area contributed by atoms with Gasteiger partial charge in [-0.3, -0.25) is 19.5 Å².